The second kappa shape index (κ2) is 5.18. The zero-order valence-corrected chi connectivity index (χ0v) is 13.0. The average molecular weight is 343 g/mol. The van der Waals surface area contributed by atoms with Crippen molar-refractivity contribution in [1.82, 2.24) is 4.72 Å². The molecule has 1 aliphatic heterocycles. The lowest BCUT2D eigenvalue weighted by molar-refractivity contribution is 0.559. The summed E-state index contributed by atoms with van der Waals surface area (Å²) in [7, 11) is -7.00. The number of sulfone groups is 1. The van der Waals surface area contributed by atoms with Gasteiger partial charge in [0, 0.05) is 17.5 Å². The van der Waals surface area contributed by atoms with Crippen LogP contribution in [0.2, 0.25) is 0 Å². The first-order valence-electron chi connectivity index (χ1n) is 6.52. The van der Waals surface area contributed by atoms with Gasteiger partial charge in [-0.2, -0.15) is 0 Å². The standard InChI is InChI=1S/C13H13NO6S2/c15-13-4-1-9-7-11(2-3-12(9)20-13)22(18,19)14-10-5-6-21(16,17)8-10/h1-4,7,10,14H,5-6,8H2/t10-/m0/s1. The summed E-state index contributed by atoms with van der Waals surface area (Å²) >= 11 is 0. The minimum atomic E-state index is -3.83. The second-order valence-electron chi connectivity index (χ2n) is 5.18. The molecule has 0 amide bonds. The van der Waals surface area contributed by atoms with Gasteiger partial charge in [0.1, 0.15) is 5.58 Å². The SMILES string of the molecule is O=c1ccc2cc(S(=O)(=O)N[C@H]3CCS(=O)(=O)C3)ccc2o1. The predicted octanol–water partition coefficient (Wildman–Crippen LogP) is 0.258. The zero-order chi connectivity index (χ0) is 16.0. The summed E-state index contributed by atoms with van der Waals surface area (Å²) in [4.78, 5) is 11.1. The number of fused-ring (bicyclic) bond motifs is 1. The van der Waals surface area contributed by atoms with Crippen molar-refractivity contribution in [2.24, 2.45) is 0 Å². The van der Waals surface area contributed by atoms with Gasteiger partial charge in [0.05, 0.1) is 16.4 Å². The van der Waals surface area contributed by atoms with Crippen LogP contribution in [-0.2, 0) is 19.9 Å². The normalized spacial score (nSPS) is 21.2. The first-order valence-corrected chi connectivity index (χ1v) is 9.82. The molecule has 2 heterocycles. The lowest BCUT2D eigenvalue weighted by Crippen LogP contribution is -2.35. The Balaban J connectivity index is 1.92. The summed E-state index contributed by atoms with van der Waals surface area (Å²) in [5.74, 6) is -0.197. The largest absolute Gasteiger partial charge is 0.423 e. The predicted molar refractivity (Wildman–Crippen MR) is 79.9 cm³/mol. The molecule has 0 unspecified atom stereocenters. The molecule has 3 rings (SSSR count). The number of rotatable bonds is 3. The fraction of sp³-hybridized carbons (Fsp3) is 0.308. The molecule has 118 valence electrons. The van der Waals surface area contributed by atoms with Gasteiger partial charge in [0.2, 0.25) is 10.0 Å². The highest BCUT2D eigenvalue weighted by molar-refractivity contribution is 7.92. The zero-order valence-electron chi connectivity index (χ0n) is 11.4. The number of benzene rings is 1. The van der Waals surface area contributed by atoms with E-state index in [0.717, 1.165) is 0 Å². The smallest absolute Gasteiger partial charge is 0.336 e. The summed E-state index contributed by atoms with van der Waals surface area (Å²) in [6, 6.07) is 6.16. The van der Waals surface area contributed by atoms with Crippen LogP contribution >= 0.6 is 0 Å². The Morgan fingerprint density at radius 1 is 1.18 bits per heavy atom. The highest BCUT2D eigenvalue weighted by Gasteiger charge is 2.31. The summed E-state index contributed by atoms with van der Waals surface area (Å²) in [6.07, 6.45) is 0.268. The number of hydrogen-bond acceptors (Lipinski definition) is 6. The average Bonchev–Trinajstić information content (AvgIpc) is 2.76. The van der Waals surface area contributed by atoms with Crippen LogP contribution in [0.5, 0.6) is 0 Å². The molecule has 0 saturated carbocycles. The lowest BCUT2D eigenvalue weighted by Gasteiger charge is -2.11. The van der Waals surface area contributed by atoms with Crippen molar-refractivity contribution in [3.63, 3.8) is 0 Å². The summed E-state index contributed by atoms with van der Waals surface area (Å²) in [5, 5.41) is 0.474. The topological polar surface area (TPSA) is 111 Å². The van der Waals surface area contributed by atoms with E-state index >= 15 is 0 Å². The van der Waals surface area contributed by atoms with Crippen molar-refractivity contribution >= 4 is 30.8 Å². The van der Waals surface area contributed by atoms with Gasteiger partial charge in [0.15, 0.2) is 9.84 Å². The molecule has 9 heteroatoms. The lowest BCUT2D eigenvalue weighted by atomic mass is 10.2. The van der Waals surface area contributed by atoms with Gasteiger partial charge in [-0.1, -0.05) is 0 Å². The van der Waals surface area contributed by atoms with Crippen LogP contribution in [0.15, 0.2) is 44.4 Å². The molecule has 1 fully saturated rings. The molecule has 0 bridgehead atoms. The first kappa shape index (κ1) is 15.2. The summed E-state index contributed by atoms with van der Waals surface area (Å²) in [5.41, 5.74) is -0.229. The summed E-state index contributed by atoms with van der Waals surface area (Å²) in [6.45, 7) is 0. The van der Waals surface area contributed by atoms with Gasteiger partial charge < -0.3 is 4.42 Å². The van der Waals surface area contributed by atoms with E-state index in [1.54, 1.807) is 0 Å². The Morgan fingerprint density at radius 3 is 2.64 bits per heavy atom. The maximum Gasteiger partial charge on any atom is 0.336 e. The Morgan fingerprint density at radius 2 is 1.95 bits per heavy atom. The fourth-order valence-electron chi connectivity index (χ4n) is 2.39. The van der Waals surface area contributed by atoms with E-state index in [0.29, 0.717) is 5.39 Å². The molecule has 1 aromatic heterocycles. The van der Waals surface area contributed by atoms with Crippen LogP contribution in [-0.4, -0.2) is 34.4 Å². The molecule has 2 aromatic rings. The number of nitrogens with one attached hydrogen (secondary N) is 1. The maximum absolute atomic E-state index is 12.3. The van der Waals surface area contributed by atoms with Crippen LogP contribution in [0.4, 0.5) is 0 Å². The van der Waals surface area contributed by atoms with E-state index in [9.17, 15) is 21.6 Å². The quantitative estimate of drug-likeness (QED) is 0.800. The first-order chi connectivity index (χ1) is 10.3. The van der Waals surface area contributed by atoms with Crippen LogP contribution < -0.4 is 10.3 Å². The van der Waals surface area contributed by atoms with E-state index < -0.39 is 31.5 Å². The number of sulfonamides is 1. The number of hydrogen-bond donors (Lipinski definition) is 1. The van der Waals surface area contributed by atoms with Gasteiger partial charge >= 0.3 is 5.63 Å². The van der Waals surface area contributed by atoms with Gasteiger partial charge in [-0.05, 0) is 30.7 Å². The highest BCUT2D eigenvalue weighted by Crippen LogP contribution is 2.20. The molecule has 22 heavy (non-hydrogen) atoms. The molecule has 1 saturated heterocycles. The molecule has 1 N–H and O–H groups in total. The van der Waals surface area contributed by atoms with Crippen LogP contribution in [0.1, 0.15) is 6.42 Å². The minimum absolute atomic E-state index is 0.00172. The van der Waals surface area contributed by atoms with Gasteiger partial charge in [-0.3, -0.25) is 0 Å². The molecule has 1 atom stereocenters. The molecule has 1 aromatic carbocycles. The highest BCUT2D eigenvalue weighted by atomic mass is 32.2. The molecule has 0 spiro atoms. The van der Waals surface area contributed by atoms with E-state index in [2.05, 4.69) is 4.72 Å². The molecule has 0 radical (unpaired) electrons. The monoisotopic (exact) mass is 343 g/mol. The molecule has 1 aliphatic rings. The Labute approximate surface area is 126 Å². The van der Waals surface area contributed by atoms with Gasteiger partial charge in [0.25, 0.3) is 0 Å². The van der Waals surface area contributed by atoms with E-state index in [1.807, 2.05) is 0 Å². The third kappa shape index (κ3) is 3.06. The Hall–Kier alpha value is -1.71. The van der Waals surface area contributed by atoms with E-state index in [-0.39, 0.29) is 28.4 Å². The third-order valence-electron chi connectivity index (χ3n) is 3.46. The van der Waals surface area contributed by atoms with Gasteiger partial charge in [-0.15, -0.1) is 0 Å². The fourth-order valence-corrected chi connectivity index (χ4v) is 5.48. The van der Waals surface area contributed by atoms with Gasteiger partial charge in [-0.25, -0.2) is 26.4 Å². The van der Waals surface area contributed by atoms with Crippen LogP contribution in [0, 0.1) is 0 Å². The van der Waals surface area contributed by atoms with Crippen molar-refractivity contribution in [3.05, 3.63) is 40.8 Å². The van der Waals surface area contributed by atoms with Crippen molar-refractivity contribution in [2.45, 2.75) is 17.4 Å². The van der Waals surface area contributed by atoms with Crippen molar-refractivity contribution in [2.75, 3.05) is 11.5 Å². The second-order valence-corrected chi connectivity index (χ2v) is 9.12. The van der Waals surface area contributed by atoms with Crippen LogP contribution in [0.3, 0.4) is 0 Å². The maximum atomic E-state index is 12.3. The van der Waals surface area contributed by atoms with Crippen molar-refractivity contribution in [3.8, 4) is 0 Å². The molecule has 7 nitrogen and oxygen atoms in total. The molecular weight excluding hydrogens is 330 g/mol. The Kier molecular flexibility index (Phi) is 3.58. The van der Waals surface area contributed by atoms with Crippen molar-refractivity contribution in [1.29, 1.82) is 0 Å². The van der Waals surface area contributed by atoms with Crippen LogP contribution in [0.25, 0.3) is 11.0 Å². The molecule has 0 aliphatic carbocycles. The van der Waals surface area contributed by atoms with E-state index in [4.69, 9.17) is 4.42 Å². The Bertz CT molecular complexity index is 991. The third-order valence-corrected chi connectivity index (χ3v) is 6.74. The van der Waals surface area contributed by atoms with E-state index in [1.165, 1.54) is 30.3 Å². The van der Waals surface area contributed by atoms with Crippen molar-refractivity contribution < 1.29 is 21.3 Å². The summed E-state index contributed by atoms with van der Waals surface area (Å²) < 4.78 is 54.8. The molecular formula is C13H13NO6S2. The minimum Gasteiger partial charge on any atom is -0.423 e.